The van der Waals surface area contributed by atoms with Crippen molar-refractivity contribution in [3.63, 3.8) is 0 Å². The van der Waals surface area contributed by atoms with E-state index < -0.39 is 11.6 Å². The fourth-order valence-corrected chi connectivity index (χ4v) is 2.01. The Bertz CT molecular complexity index is 338. The minimum absolute atomic E-state index is 0.00137. The van der Waals surface area contributed by atoms with E-state index in [0.717, 1.165) is 0 Å². The molecule has 19 heavy (non-hydrogen) atoms. The van der Waals surface area contributed by atoms with Crippen molar-refractivity contribution in [1.29, 1.82) is 0 Å². The third kappa shape index (κ3) is 5.16. The second-order valence-corrected chi connectivity index (χ2v) is 5.88. The Balaban J connectivity index is 2.24. The lowest BCUT2D eigenvalue weighted by Crippen LogP contribution is -2.63. The quantitative estimate of drug-likeness (QED) is 0.698. The summed E-state index contributed by atoms with van der Waals surface area (Å²) in [5.74, 6) is -0.561. The molecular weight excluding hydrogens is 248 g/mol. The predicted molar refractivity (Wildman–Crippen MR) is 70.9 cm³/mol. The van der Waals surface area contributed by atoms with Crippen molar-refractivity contribution in [3.8, 4) is 0 Å². The first-order chi connectivity index (χ1) is 8.72. The highest BCUT2D eigenvalue weighted by Gasteiger charge is 2.40. The number of nitrogens with one attached hydrogen (secondary N) is 1. The summed E-state index contributed by atoms with van der Waals surface area (Å²) < 4.78 is 5.29. The Morgan fingerprint density at radius 3 is 2.42 bits per heavy atom. The molecule has 0 bridgehead atoms. The number of nitrogens with zero attached hydrogens (tertiary/aromatic N) is 1. The standard InChI is InChI=1S/C13H24N2O4/c1-9(2)10(3)14-11(16)5-15-7-13(4,8-15)19-6-12(17)18/h9-10H,5-8H2,1-4H3,(H,14,16)(H,17,18). The lowest BCUT2D eigenvalue weighted by molar-refractivity contribution is -0.166. The first kappa shape index (κ1) is 15.9. The van der Waals surface area contributed by atoms with Crippen LogP contribution in [0.15, 0.2) is 0 Å². The summed E-state index contributed by atoms with van der Waals surface area (Å²) in [6.45, 7) is 9.19. The number of hydrogen-bond acceptors (Lipinski definition) is 4. The number of rotatable bonds is 7. The second kappa shape index (κ2) is 6.34. The predicted octanol–water partition coefficient (Wildman–Crippen LogP) is 0.323. The molecule has 1 aliphatic rings. The van der Waals surface area contributed by atoms with E-state index in [4.69, 9.17) is 9.84 Å². The number of hydrogen-bond donors (Lipinski definition) is 2. The molecule has 1 atom stereocenters. The molecule has 0 aromatic carbocycles. The Labute approximate surface area is 114 Å². The third-order valence-electron chi connectivity index (χ3n) is 3.42. The van der Waals surface area contributed by atoms with Gasteiger partial charge in [-0.2, -0.15) is 0 Å². The lowest BCUT2D eigenvalue weighted by Gasteiger charge is -2.47. The second-order valence-electron chi connectivity index (χ2n) is 5.88. The van der Waals surface area contributed by atoms with Crippen LogP contribution in [0.1, 0.15) is 27.7 Å². The highest BCUT2D eigenvalue weighted by Crippen LogP contribution is 2.23. The third-order valence-corrected chi connectivity index (χ3v) is 3.42. The highest BCUT2D eigenvalue weighted by atomic mass is 16.5. The van der Waals surface area contributed by atoms with E-state index in [1.807, 2.05) is 18.7 Å². The zero-order valence-electron chi connectivity index (χ0n) is 12.1. The summed E-state index contributed by atoms with van der Waals surface area (Å²) >= 11 is 0. The number of carbonyl (C=O) groups is 2. The van der Waals surface area contributed by atoms with Crippen LogP contribution in [0.4, 0.5) is 0 Å². The summed E-state index contributed by atoms with van der Waals surface area (Å²) in [5, 5.41) is 11.5. The molecule has 2 N–H and O–H groups in total. The Kier molecular flexibility index (Phi) is 5.31. The monoisotopic (exact) mass is 272 g/mol. The van der Waals surface area contributed by atoms with Gasteiger partial charge in [0.1, 0.15) is 6.61 Å². The van der Waals surface area contributed by atoms with E-state index in [-0.39, 0.29) is 18.6 Å². The Hall–Kier alpha value is -1.14. The molecule has 6 heteroatoms. The fourth-order valence-electron chi connectivity index (χ4n) is 2.01. The van der Waals surface area contributed by atoms with Crippen LogP contribution < -0.4 is 5.32 Å². The number of carbonyl (C=O) groups excluding carboxylic acids is 1. The average molecular weight is 272 g/mol. The number of carboxylic acids is 1. The molecule has 1 amide bonds. The first-order valence-corrected chi connectivity index (χ1v) is 6.59. The molecule has 0 saturated carbocycles. The van der Waals surface area contributed by atoms with E-state index >= 15 is 0 Å². The molecule has 1 fully saturated rings. The van der Waals surface area contributed by atoms with Gasteiger partial charge in [0.2, 0.25) is 5.91 Å². The summed E-state index contributed by atoms with van der Waals surface area (Å²) in [4.78, 5) is 24.1. The fraction of sp³-hybridized carbons (Fsp3) is 0.846. The van der Waals surface area contributed by atoms with Crippen LogP contribution in [-0.2, 0) is 14.3 Å². The molecule has 110 valence electrons. The maximum atomic E-state index is 11.8. The normalized spacial score (nSPS) is 19.8. The maximum Gasteiger partial charge on any atom is 0.329 e. The van der Waals surface area contributed by atoms with Crippen molar-refractivity contribution in [2.45, 2.75) is 39.3 Å². The summed E-state index contributed by atoms with van der Waals surface area (Å²) in [6.07, 6.45) is 0. The minimum Gasteiger partial charge on any atom is -0.480 e. The molecule has 1 saturated heterocycles. The van der Waals surface area contributed by atoms with Gasteiger partial charge >= 0.3 is 5.97 Å². The van der Waals surface area contributed by atoms with Gasteiger partial charge in [-0.05, 0) is 19.8 Å². The molecule has 0 radical (unpaired) electrons. The van der Waals surface area contributed by atoms with Gasteiger partial charge in [-0.15, -0.1) is 0 Å². The molecule has 0 aromatic heterocycles. The topological polar surface area (TPSA) is 78.9 Å². The molecule has 6 nitrogen and oxygen atoms in total. The van der Waals surface area contributed by atoms with Crippen LogP contribution in [-0.4, -0.2) is 59.8 Å². The number of likely N-dealkylation sites (tertiary alicyclic amines) is 1. The van der Waals surface area contributed by atoms with Crippen LogP contribution in [0.2, 0.25) is 0 Å². The average Bonchev–Trinajstić information content (AvgIpc) is 2.23. The van der Waals surface area contributed by atoms with Gasteiger partial charge in [0, 0.05) is 19.1 Å². The van der Waals surface area contributed by atoms with Gasteiger partial charge in [-0.3, -0.25) is 9.69 Å². The maximum absolute atomic E-state index is 11.8. The zero-order chi connectivity index (χ0) is 14.6. The van der Waals surface area contributed by atoms with E-state index in [0.29, 0.717) is 25.6 Å². The molecule has 1 aliphatic heterocycles. The van der Waals surface area contributed by atoms with Crippen LogP contribution in [0.3, 0.4) is 0 Å². The van der Waals surface area contributed by atoms with Crippen molar-refractivity contribution in [1.82, 2.24) is 10.2 Å². The van der Waals surface area contributed by atoms with E-state index in [2.05, 4.69) is 19.2 Å². The molecular formula is C13H24N2O4. The van der Waals surface area contributed by atoms with E-state index in [9.17, 15) is 9.59 Å². The van der Waals surface area contributed by atoms with Crippen molar-refractivity contribution in [3.05, 3.63) is 0 Å². The molecule has 0 aromatic rings. The number of aliphatic carboxylic acids is 1. The van der Waals surface area contributed by atoms with Gasteiger partial charge in [0.05, 0.1) is 12.1 Å². The van der Waals surface area contributed by atoms with Crippen molar-refractivity contribution >= 4 is 11.9 Å². The first-order valence-electron chi connectivity index (χ1n) is 6.59. The number of ether oxygens (including phenoxy) is 1. The Morgan fingerprint density at radius 1 is 1.37 bits per heavy atom. The largest absolute Gasteiger partial charge is 0.480 e. The highest BCUT2D eigenvalue weighted by molar-refractivity contribution is 5.78. The Morgan fingerprint density at radius 2 is 1.95 bits per heavy atom. The van der Waals surface area contributed by atoms with Crippen LogP contribution in [0.25, 0.3) is 0 Å². The van der Waals surface area contributed by atoms with Gasteiger partial charge in [-0.25, -0.2) is 4.79 Å². The SMILES string of the molecule is CC(C)C(C)NC(=O)CN1CC(C)(OCC(=O)O)C1. The number of amides is 1. The molecule has 1 unspecified atom stereocenters. The van der Waals surface area contributed by atoms with E-state index in [1.165, 1.54) is 0 Å². The van der Waals surface area contributed by atoms with Crippen molar-refractivity contribution < 1.29 is 19.4 Å². The van der Waals surface area contributed by atoms with Crippen molar-refractivity contribution in [2.24, 2.45) is 5.92 Å². The van der Waals surface area contributed by atoms with Gasteiger partial charge in [-0.1, -0.05) is 13.8 Å². The summed E-state index contributed by atoms with van der Waals surface area (Å²) in [7, 11) is 0. The summed E-state index contributed by atoms with van der Waals surface area (Å²) in [6, 6.07) is 0.156. The van der Waals surface area contributed by atoms with Crippen LogP contribution >= 0.6 is 0 Å². The lowest BCUT2D eigenvalue weighted by atomic mass is 9.96. The molecule has 0 spiro atoms. The molecule has 1 heterocycles. The van der Waals surface area contributed by atoms with Gasteiger partial charge in [0.25, 0.3) is 0 Å². The zero-order valence-corrected chi connectivity index (χ0v) is 12.1. The van der Waals surface area contributed by atoms with Crippen LogP contribution in [0.5, 0.6) is 0 Å². The van der Waals surface area contributed by atoms with Gasteiger partial charge in [0.15, 0.2) is 0 Å². The molecule has 0 aliphatic carbocycles. The number of carboxylic acid groups (broad SMARTS) is 1. The van der Waals surface area contributed by atoms with Crippen molar-refractivity contribution in [2.75, 3.05) is 26.2 Å². The molecule has 1 rings (SSSR count). The smallest absolute Gasteiger partial charge is 0.329 e. The van der Waals surface area contributed by atoms with Crippen LogP contribution in [0, 0.1) is 5.92 Å². The summed E-state index contributed by atoms with van der Waals surface area (Å²) in [5.41, 5.74) is -0.442. The minimum atomic E-state index is -0.969. The van der Waals surface area contributed by atoms with Gasteiger partial charge < -0.3 is 15.2 Å². The van der Waals surface area contributed by atoms with E-state index in [1.54, 1.807) is 0 Å².